The Morgan fingerprint density at radius 2 is 2.00 bits per heavy atom. The molecule has 2 heterocycles. The minimum Gasteiger partial charge on any atom is -0.465 e. The summed E-state index contributed by atoms with van der Waals surface area (Å²) in [6.07, 6.45) is 2.85. The topological polar surface area (TPSA) is 72.0 Å². The van der Waals surface area contributed by atoms with Gasteiger partial charge in [0.15, 0.2) is 0 Å². The van der Waals surface area contributed by atoms with Gasteiger partial charge >= 0.3 is 12.1 Å². The molecular formula is C17H25N3O4. The molecule has 1 amide bonds. The number of anilines is 1. The largest absolute Gasteiger partial charge is 0.465 e. The highest BCUT2D eigenvalue weighted by Crippen LogP contribution is 2.25. The molecule has 7 nitrogen and oxygen atoms in total. The Labute approximate surface area is 142 Å². The number of hydrogen-bond acceptors (Lipinski definition) is 6. The van der Waals surface area contributed by atoms with E-state index in [-0.39, 0.29) is 12.1 Å². The number of carbonyl (C=O) groups excluding carboxylic acids is 2. The van der Waals surface area contributed by atoms with Crippen LogP contribution in [0.3, 0.4) is 0 Å². The van der Waals surface area contributed by atoms with Crippen molar-refractivity contribution < 1.29 is 19.1 Å². The van der Waals surface area contributed by atoms with E-state index in [1.807, 2.05) is 27.7 Å². The fourth-order valence-corrected chi connectivity index (χ4v) is 2.71. The Kier molecular flexibility index (Phi) is 5.31. The Balaban J connectivity index is 2.12. The van der Waals surface area contributed by atoms with Gasteiger partial charge in [-0.25, -0.2) is 9.59 Å². The van der Waals surface area contributed by atoms with Gasteiger partial charge in [-0.15, -0.1) is 0 Å². The first-order chi connectivity index (χ1) is 11.2. The molecule has 0 saturated carbocycles. The van der Waals surface area contributed by atoms with E-state index in [4.69, 9.17) is 9.47 Å². The molecule has 1 aromatic heterocycles. The molecule has 0 bridgehead atoms. The lowest BCUT2D eigenvalue weighted by Crippen LogP contribution is -2.55. The van der Waals surface area contributed by atoms with Crippen molar-refractivity contribution in [3.05, 3.63) is 24.0 Å². The van der Waals surface area contributed by atoms with Crippen molar-refractivity contribution in [3.8, 4) is 0 Å². The third-order valence-corrected chi connectivity index (χ3v) is 3.79. The number of ether oxygens (including phenoxy) is 2. The number of amides is 1. The molecule has 1 aliphatic rings. The van der Waals surface area contributed by atoms with Crippen LogP contribution in [0.5, 0.6) is 0 Å². The molecule has 1 saturated heterocycles. The van der Waals surface area contributed by atoms with Crippen molar-refractivity contribution in [1.82, 2.24) is 9.88 Å². The summed E-state index contributed by atoms with van der Waals surface area (Å²) < 4.78 is 10.3. The monoisotopic (exact) mass is 335 g/mol. The van der Waals surface area contributed by atoms with Gasteiger partial charge in [0.2, 0.25) is 0 Å². The molecule has 2 rings (SSSR count). The summed E-state index contributed by atoms with van der Waals surface area (Å²) in [5, 5.41) is 0. The van der Waals surface area contributed by atoms with Crippen LogP contribution >= 0.6 is 0 Å². The number of esters is 1. The van der Waals surface area contributed by atoms with Gasteiger partial charge in [0.1, 0.15) is 11.2 Å². The van der Waals surface area contributed by atoms with Gasteiger partial charge in [-0.3, -0.25) is 4.98 Å². The van der Waals surface area contributed by atoms with Gasteiger partial charge < -0.3 is 19.3 Å². The van der Waals surface area contributed by atoms with E-state index in [0.717, 1.165) is 5.69 Å². The summed E-state index contributed by atoms with van der Waals surface area (Å²) in [6, 6.07) is 1.84. The van der Waals surface area contributed by atoms with E-state index in [0.29, 0.717) is 25.2 Å². The molecule has 1 unspecified atom stereocenters. The second-order valence-corrected chi connectivity index (χ2v) is 6.85. The number of aromatic nitrogens is 1. The minimum atomic E-state index is -0.513. The molecule has 1 atom stereocenters. The maximum Gasteiger partial charge on any atom is 0.410 e. The van der Waals surface area contributed by atoms with E-state index in [9.17, 15) is 9.59 Å². The van der Waals surface area contributed by atoms with Crippen molar-refractivity contribution in [2.45, 2.75) is 39.3 Å². The van der Waals surface area contributed by atoms with E-state index in [2.05, 4.69) is 9.88 Å². The zero-order valence-electron chi connectivity index (χ0n) is 14.9. The number of carbonyl (C=O) groups is 2. The van der Waals surface area contributed by atoms with Crippen LogP contribution < -0.4 is 4.90 Å². The van der Waals surface area contributed by atoms with Gasteiger partial charge in [-0.05, 0) is 33.8 Å². The van der Waals surface area contributed by atoms with E-state index in [1.54, 1.807) is 17.2 Å². The number of hydrogen-bond donors (Lipinski definition) is 0. The van der Waals surface area contributed by atoms with Crippen LogP contribution in [-0.4, -0.2) is 60.3 Å². The van der Waals surface area contributed by atoms with Crippen molar-refractivity contribution >= 4 is 17.7 Å². The SMILES string of the molecule is COC(=O)c1cnccc1N1CCN(C(=O)OC(C)(C)C)CC1C. The minimum absolute atomic E-state index is 0.0390. The van der Waals surface area contributed by atoms with Crippen molar-refractivity contribution in [1.29, 1.82) is 0 Å². The Hall–Kier alpha value is -2.31. The number of rotatable bonds is 2. The van der Waals surface area contributed by atoms with Gasteiger partial charge in [-0.1, -0.05) is 0 Å². The van der Waals surface area contributed by atoms with Gasteiger partial charge in [0.05, 0.1) is 12.8 Å². The molecule has 0 aliphatic carbocycles. The predicted molar refractivity (Wildman–Crippen MR) is 90.2 cm³/mol. The fraction of sp³-hybridized carbons (Fsp3) is 0.588. The molecule has 0 N–H and O–H groups in total. The van der Waals surface area contributed by atoms with E-state index >= 15 is 0 Å². The summed E-state index contributed by atoms with van der Waals surface area (Å²) in [7, 11) is 1.35. The maximum atomic E-state index is 12.2. The summed E-state index contributed by atoms with van der Waals surface area (Å²) in [4.78, 5) is 32.0. The molecule has 1 aliphatic heterocycles. The van der Waals surface area contributed by atoms with Crippen LogP contribution in [0.4, 0.5) is 10.5 Å². The van der Waals surface area contributed by atoms with Gasteiger partial charge in [0.25, 0.3) is 0 Å². The second kappa shape index (κ2) is 7.07. The average Bonchev–Trinajstić information content (AvgIpc) is 2.52. The zero-order chi connectivity index (χ0) is 17.9. The second-order valence-electron chi connectivity index (χ2n) is 6.85. The van der Waals surface area contributed by atoms with Crippen LogP contribution in [0.15, 0.2) is 18.5 Å². The molecule has 132 valence electrons. The Morgan fingerprint density at radius 3 is 2.58 bits per heavy atom. The van der Waals surface area contributed by atoms with Crippen molar-refractivity contribution in [2.24, 2.45) is 0 Å². The third kappa shape index (κ3) is 4.15. The maximum absolute atomic E-state index is 12.2. The highest BCUT2D eigenvalue weighted by atomic mass is 16.6. The lowest BCUT2D eigenvalue weighted by Gasteiger charge is -2.41. The van der Waals surface area contributed by atoms with Gasteiger partial charge in [0, 0.05) is 38.1 Å². The average molecular weight is 335 g/mol. The van der Waals surface area contributed by atoms with Crippen LogP contribution in [-0.2, 0) is 9.47 Å². The summed E-state index contributed by atoms with van der Waals surface area (Å²) in [5.74, 6) is -0.417. The molecule has 0 radical (unpaired) electrons. The fourth-order valence-electron chi connectivity index (χ4n) is 2.71. The first kappa shape index (κ1) is 18.0. The summed E-state index contributed by atoms with van der Waals surface area (Å²) >= 11 is 0. The first-order valence-corrected chi connectivity index (χ1v) is 8.00. The smallest absolute Gasteiger partial charge is 0.410 e. The Morgan fingerprint density at radius 1 is 1.29 bits per heavy atom. The summed E-state index contributed by atoms with van der Waals surface area (Å²) in [5.41, 5.74) is 0.686. The molecule has 1 fully saturated rings. The number of nitrogens with zero attached hydrogens (tertiary/aromatic N) is 3. The zero-order valence-corrected chi connectivity index (χ0v) is 14.9. The highest BCUT2D eigenvalue weighted by Gasteiger charge is 2.31. The molecule has 1 aromatic rings. The molecular weight excluding hydrogens is 310 g/mol. The molecule has 0 spiro atoms. The van der Waals surface area contributed by atoms with Crippen LogP contribution in [0, 0.1) is 0 Å². The molecule has 7 heteroatoms. The number of pyridine rings is 1. The highest BCUT2D eigenvalue weighted by molar-refractivity contribution is 5.95. The van der Waals surface area contributed by atoms with E-state index < -0.39 is 11.6 Å². The lowest BCUT2D eigenvalue weighted by molar-refractivity contribution is 0.0218. The molecule has 0 aromatic carbocycles. The van der Waals surface area contributed by atoms with Crippen LogP contribution in [0.2, 0.25) is 0 Å². The number of methoxy groups -OCH3 is 1. The first-order valence-electron chi connectivity index (χ1n) is 8.00. The normalized spacial score (nSPS) is 18.3. The van der Waals surface area contributed by atoms with Gasteiger partial charge in [-0.2, -0.15) is 0 Å². The summed E-state index contributed by atoms with van der Waals surface area (Å²) in [6.45, 7) is 9.23. The molecule has 24 heavy (non-hydrogen) atoms. The van der Waals surface area contributed by atoms with E-state index in [1.165, 1.54) is 13.3 Å². The third-order valence-electron chi connectivity index (χ3n) is 3.79. The quantitative estimate of drug-likeness (QED) is 0.772. The van der Waals surface area contributed by atoms with Crippen molar-refractivity contribution in [3.63, 3.8) is 0 Å². The Bertz CT molecular complexity index is 612. The van der Waals surface area contributed by atoms with Crippen LogP contribution in [0.1, 0.15) is 38.1 Å². The van der Waals surface area contributed by atoms with Crippen LogP contribution in [0.25, 0.3) is 0 Å². The predicted octanol–water partition coefficient (Wildman–Crippen LogP) is 2.31. The standard InChI is InChI=1S/C17H25N3O4/c1-12-11-19(16(22)24-17(2,3)4)8-9-20(12)14-6-7-18-10-13(14)15(21)23-5/h6-7,10,12H,8-9,11H2,1-5H3. The number of piperazine rings is 1. The lowest BCUT2D eigenvalue weighted by atomic mass is 10.1. The van der Waals surface area contributed by atoms with Crippen molar-refractivity contribution in [2.75, 3.05) is 31.6 Å².